The SMILES string of the molecule is CC(=O)[C@@H](C(=O)ONC(=O)N(Cc1ccc(C(=N)N)cc1)OCc1ccccc1)N(C(=O)[C@@H](N)CC(=O)O)c1ccccc1. The van der Waals surface area contributed by atoms with Gasteiger partial charge in [0.25, 0.3) is 0 Å². The maximum absolute atomic E-state index is 13.2. The van der Waals surface area contributed by atoms with Crippen molar-refractivity contribution < 1.29 is 38.8 Å². The number of rotatable bonds is 13. The molecule has 230 valence electrons. The van der Waals surface area contributed by atoms with Crippen LogP contribution in [-0.4, -0.2) is 57.7 Å². The summed E-state index contributed by atoms with van der Waals surface area (Å²) in [6, 6.07) is 18.4. The molecule has 3 rings (SSSR count). The van der Waals surface area contributed by atoms with Crippen molar-refractivity contribution in [3.05, 3.63) is 102 Å². The number of hydrogen-bond acceptors (Lipinski definition) is 9. The number of carboxylic acids is 1. The Morgan fingerprint density at radius 3 is 2.05 bits per heavy atom. The molecule has 0 radical (unpaired) electrons. The minimum absolute atomic E-state index is 0.0262. The smallest absolute Gasteiger partial charge is 0.374 e. The number of para-hydroxylation sites is 1. The number of amidine groups is 1. The molecule has 0 fully saturated rings. The third kappa shape index (κ3) is 9.20. The molecule has 3 amide bonds. The molecular formula is C30H32N6O8. The fourth-order valence-corrected chi connectivity index (χ4v) is 3.96. The van der Waals surface area contributed by atoms with Gasteiger partial charge in [-0.1, -0.05) is 72.8 Å². The maximum Gasteiger partial charge on any atom is 0.374 e. The monoisotopic (exact) mass is 604 g/mol. The maximum atomic E-state index is 13.2. The van der Waals surface area contributed by atoms with Crippen molar-refractivity contribution in [1.29, 1.82) is 5.41 Å². The number of nitrogen functional groups attached to an aromatic ring is 1. The number of hydrogen-bond donors (Lipinski definition) is 5. The molecule has 14 nitrogen and oxygen atoms in total. The van der Waals surface area contributed by atoms with E-state index < -0.39 is 48.2 Å². The topological polar surface area (TPSA) is 218 Å². The van der Waals surface area contributed by atoms with Gasteiger partial charge in [-0.05, 0) is 30.2 Å². The summed E-state index contributed by atoms with van der Waals surface area (Å²) in [6.07, 6.45) is -0.764. The Balaban J connectivity index is 1.81. The molecule has 0 aliphatic rings. The molecule has 3 aromatic rings. The number of nitrogens with zero attached hydrogens (tertiary/aromatic N) is 2. The van der Waals surface area contributed by atoms with Crippen molar-refractivity contribution in [2.24, 2.45) is 11.5 Å². The highest BCUT2D eigenvalue weighted by molar-refractivity contribution is 6.13. The van der Waals surface area contributed by atoms with Gasteiger partial charge in [0.1, 0.15) is 12.4 Å². The normalized spacial score (nSPS) is 11.9. The number of ketones is 1. The lowest BCUT2D eigenvalue weighted by Crippen LogP contribution is -2.56. The van der Waals surface area contributed by atoms with Crippen LogP contribution in [0.1, 0.15) is 30.0 Å². The number of carbonyl (C=O) groups excluding carboxylic acids is 4. The van der Waals surface area contributed by atoms with Gasteiger partial charge in [-0.2, -0.15) is 10.5 Å². The van der Waals surface area contributed by atoms with Gasteiger partial charge in [-0.15, -0.1) is 0 Å². The van der Waals surface area contributed by atoms with Crippen molar-refractivity contribution >= 4 is 41.2 Å². The van der Waals surface area contributed by atoms with Crippen LogP contribution in [-0.2, 0) is 42.0 Å². The highest BCUT2D eigenvalue weighted by Gasteiger charge is 2.39. The van der Waals surface area contributed by atoms with E-state index in [2.05, 4.69) is 0 Å². The van der Waals surface area contributed by atoms with E-state index in [9.17, 15) is 24.0 Å². The van der Waals surface area contributed by atoms with Crippen molar-refractivity contribution in [3.8, 4) is 0 Å². The second kappa shape index (κ2) is 15.6. The predicted octanol–water partition coefficient (Wildman–Crippen LogP) is 1.87. The number of carboxylic acid groups (broad SMARTS) is 1. The summed E-state index contributed by atoms with van der Waals surface area (Å²) in [5.41, 5.74) is 15.1. The summed E-state index contributed by atoms with van der Waals surface area (Å²) in [5.74, 6) is -4.69. The van der Waals surface area contributed by atoms with Gasteiger partial charge in [-0.25, -0.2) is 9.59 Å². The third-order valence-corrected chi connectivity index (χ3v) is 6.14. The largest absolute Gasteiger partial charge is 0.481 e. The van der Waals surface area contributed by atoms with E-state index in [1.165, 1.54) is 24.3 Å². The molecule has 0 aliphatic carbocycles. The van der Waals surface area contributed by atoms with Gasteiger partial charge in [0, 0.05) is 11.3 Å². The molecule has 0 unspecified atom stereocenters. The van der Waals surface area contributed by atoms with Crippen LogP contribution < -0.4 is 21.8 Å². The van der Waals surface area contributed by atoms with Crippen molar-refractivity contribution in [2.75, 3.05) is 4.90 Å². The van der Waals surface area contributed by atoms with Crippen molar-refractivity contribution in [1.82, 2.24) is 10.5 Å². The minimum Gasteiger partial charge on any atom is -0.481 e. The molecule has 7 N–H and O–H groups in total. The molecule has 44 heavy (non-hydrogen) atoms. The fourth-order valence-electron chi connectivity index (χ4n) is 3.96. The molecular weight excluding hydrogens is 572 g/mol. The van der Waals surface area contributed by atoms with Gasteiger partial charge in [0.15, 0.2) is 11.8 Å². The first-order chi connectivity index (χ1) is 21.0. The summed E-state index contributed by atoms with van der Waals surface area (Å²) >= 11 is 0. The summed E-state index contributed by atoms with van der Waals surface area (Å²) in [6.45, 7) is 0.879. The average Bonchev–Trinajstić information content (AvgIpc) is 3.00. The second-order valence-corrected chi connectivity index (χ2v) is 9.50. The van der Waals surface area contributed by atoms with Crippen LogP contribution in [0.15, 0.2) is 84.9 Å². The van der Waals surface area contributed by atoms with Crippen LogP contribution in [0.2, 0.25) is 0 Å². The van der Waals surface area contributed by atoms with Crippen LogP contribution in [0.4, 0.5) is 10.5 Å². The molecule has 0 heterocycles. The summed E-state index contributed by atoms with van der Waals surface area (Å²) in [5, 5.41) is 17.5. The highest BCUT2D eigenvalue weighted by Crippen LogP contribution is 2.20. The van der Waals surface area contributed by atoms with E-state index in [1.807, 2.05) is 11.5 Å². The van der Waals surface area contributed by atoms with E-state index in [1.54, 1.807) is 54.6 Å². The van der Waals surface area contributed by atoms with Crippen LogP contribution >= 0.6 is 0 Å². The van der Waals surface area contributed by atoms with Gasteiger partial charge in [-0.3, -0.25) is 29.5 Å². The summed E-state index contributed by atoms with van der Waals surface area (Å²) < 4.78 is 0. The quantitative estimate of drug-likeness (QED) is 0.0825. The number of anilines is 1. The van der Waals surface area contributed by atoms with E-state index in [-0.39, 0.29) is 24.7 Å². The number of Topliss-reactive ketones (excluding diaryl/α,β-unsaturated/α-hetero) is 1. The Hall–Kier alpha value is -5.60. The molecule has 0 saturated heterocycles. The molecule has 3 aromatic carbocycles. The lowest BCUT2D eigenvalue weighted by atomic mass is 10.1. The van der Waals surface area contributed by atoms with E-state index >= 15 is 0 Å². The molecule has 2 atom stereocenters. The molecule has 0 bridgehead atoms. The summed E-state index contributed by atoms with van der Waals surface area (Å²) in [7, 11) is 0. The van der Waals surface area contributed by atoms with E-state index in [4.69, 9.17) is 31.7 Å². The second-order valence-electron chi connectivity index (χ2n) is 9.50. The zero-order valence-corrected chi connectivity index (χ0v) is 23.7. The Morgan fingerprint density at radius 2 is 1.50 bits per heavy atom. The van der Waals surface area contributed by atoms with Crippen LogP contribution in [0.5, 0.6) is 0 Å². The number of urea groups is 1. The Kier molecular flexibility index (Phi) is 11.7. The van der Waals surface area contributed by atoms with Crippen molar-refractivity contribution in [3.63, 3.8) is 0 Å². The first-order valence-corrected chi connectivity index (χ1v) is 13.2. The van der Waals surface area contributed by atoms with E-state index in [0.717, 1.165) is 22.5 Å². The summed E-state index contributed by atoms with van der Waals surface area (Å²) in [4.78, 5) is 74.9. The number of nitrogens with one attached hydrogen (secondary N) is 2. The van der Waals surface area contributed by atoms with Gasteiger partial charge >= 0.3 is 18.0 Å². The first kappa shape index (κ1) is 32.9. The number of hydroxylamine groups is 3. The Labute approximate surface area is 252 Å². The average molecular weight is 605 g/mol. The van der Waals surface area contributed by atoms with Crippen LogP contribution in [0, 0.1) is 5.41 Å². The Morgan fingerprint density at radius 1 is 0.909 bits per heavy atom. The number of carbonyl (C=O) groups is 5. The van der Waals surface area contributed by atoms with Gasteiger partial charge < -0.3 is 21.4 Å². The van der Waals surface area contributed by atoms with Crippen LogP contribution in [0.3, 0.4) is 0 Å². The predicted molar refractivity (Wildman–Crippen MR) is 157 cm³/mol. The fraction of sp³-hybridized carbons (Fsp3) is 0.200. The minimum atomic E-state index is -1.91. The molecule has 14 heteroatoms. The number of nitrogens with two attached hydrogens (primary N) is 2. The zero-order valence-electron chi connectivity index (χ0n) is 23.7. The molecule has 0 aliphatic heterocycles. The van der Waals surface area contributed by atoms with Crippen molar-refractivity contribution in [2.45, 2.75) is 38.6 Å². The molecule has 0 spiro atoms. The standard InChI is InChI=1S/C30H32N6O8/c1-19(37)26(36(23-10-6-3-7-11-23)28(40)24(31)16-25(38)39)29(41)44-34-30(42)35(43-18-21-8-4-2-5-9-21)17-20-12-14-22(15-13-20)27(32)33/h2-15,24,26H,16-18,31H2,1H3,(H3,32,33)(H,34,42)(H,38,39)/t24-,26-/m0/s1. The lowest BCUT2D eigenvalue weighted by molar-refractivity contribution is -0.162. The Bertz CT molecular complexity index is 1480. The zero-order chi connectivity index (χ0) is 32.2. The van der Waals surface area contributed by atoms with Crippen LogP contribution in [0.25, 0.3) is 0 Å². The van der Waals surface area contributed by atoms with Gasteiger partial charge in [0.2, 0.25) is 5.91 Å². The number of amides is 3. The third-order valence-electron chi connectivity index (χ3n) is 6.14. The highest BCUT2D eigenvalue weighted by atomic mass is 16.7. The van der Waals surface area contributed by atoms with Gasteiger partial charge in [0.05, 0.1) is 19.0 Å². The first-order valence-electron chi connectivity index (χ1n) is 13.2. The lowest BCUT2D eigenvalue weighted by Gasteiger charge is -2.30. The number of benzene rings is 3. The number of aliphatic carboxylic acids is 1. The molecule has 0 saturated carbocycles. The van der Waals surface area contributed by atoms with E-state index in [0.29, 0.717) is 11.1 Å². The molecule has 0 aromatic heterocycles.